The molecule has 0 amide bonds. The zero-order chi connectivity index (χ0) is 10.0. The van der Waals surface area contributed by atoms with E-state index in [2.05, 4.69) is 19.9 Å². The van der Waals surface area contributed by atoms with Crippen molar-refractivity contribution in [3.63, 3.8) is 0 Å². The number of nitrogens with zero attached hydrogens (tertiary/aromatic N) is 1. The first-order valence-electron chi connectivity index (χ1n) is 6.19. The maximum absolute atomic E-state index is 2.41. The second-order valence-corrected chi connectivity index (χ2v) is 5.54. The van der Waals surface area contributed by atoms with Gasteiger partial charge in [0.15, 0.2) is 0 Å². The van der Waals surface area contributed by atoms with Crippen LogP contribution in [0.3, 0.4) is 0 Å². The van der Waals surface area contributed by atoms with Gasteiger partial charge in [0.25, 0.3) is 0 Å². The quantitative estimate of drug-likeness (QED) is 0.501. The minimum absolute atomic E-state index is 0. The lowest BCUT2D eigenvalue weighted by molar-refractivity contribution is -0.942. The third-order valence-electron chi connectivity index (χ3n) is 4.19. The highest BCUT2D eigenvalue weighted by molar-refractivity contribution is 4.92. The molecule has 3 heterocycles. The molecule has 0 radical (unpaired) electrons. The van der Waals surface area contributed by atoms with Gasteiger partial charge in [-0.2, -0.15) is 0 Å². The van der Waals surface area contributed by atoms with Gasteiger partial charge in [-0.15, -0.1) is 0 Å². The van der Waals surface area contributed by atoms with E-state index in [0.29, 0.717) is 0 Å². The number of fused-ring (bicyclic) bond motifs is 3. The van der Waals surface area contributed by atoms with Crippen LogP contribution in [0.4, 0.5) is 0 Å². The van der Waals surface area contributed by atoms with E-state index >= 15 is 0 Å². The summed E-state index contributed by atoms with van der Waals surface area (Å²) in [6.07, 6.45) is 8.24. The third kappa shape index (κ3) is 3.32. The van der Waals surface area contributed by atoms with E-state index in [4.69, 9.17) is 0 Å². The van der Waals surface area contributed by atoms with Gasteiger partial charge in [0.2, 0.25) is 0 Å². The summed E-state index contributed by atoms with van der Waals surface area (Å²) in [4.78, 5) is 0. The predicted octanol–water partition coefficient (Wildman–Crippen LogP) is -0.0228. The molecule has 3 aliphatic rings. The van der Waals surface area contributed by atoms with Crippen molar-refractivity contribution in [1.29, 1.82) is 0 Å². The summed E-state index contributed by atoms with van der Waals surface area (Å²) in [6, 6.07) is 0. The average molecular weight is 274 g/mol. The number of quaternary nitrogens is 1. The molecule has 88 valence electrons. The van der Waals surface area contributed by atoms with E-state index in [1.165, 1.54) is 61.9 Å². The summed E-state index contributed by atoms with van der Waals surface area (Å²) >= 11 is 0. The standard InChI is InChI=1S/C13H24N.BrH/c1-12(2)4-3-8-14-9-5-13(6-10-14)7-11-14;/h4,13H,3,5-11H2,1-2H3;1H/q+1;/p-1. The van der Waals surface area contributed by atoms with Crippen molar-refractivity contribution in [2.75, 3.05) is 26.2 Å². The van der Waals surface area contributed by atoms with Crippen LogP contribution in [0.15, 0.2) is 11.6 Å². The number of allylic oxidation sites excluding steroid dienone is 1. The molecule has 0 aromatic carbocycles. The molecule has 0 aliphatic carbocycles. The van der Waals surface area contributed by atoms with Gasteiger partial charge in [-0.05, 0) is 39.0 Å². The summed E-state index contributed by atoms with van der Waals surface area (Å²) in [5.41, 5.74) is 1.48. The fraction of sp³-hybridized carbons (Fsp3) is 0.846. The zero-order valence-corrected chi connectivity index (χ0v) is 11.7. The highest BCUT2D eigenvalue weighted by Gasteiger charge is 2.38. The molecule has 0 spiro atoms. The van der Waals surface area contributed by atoms with E-state index in [1.54, 1.807) is 0 Å². The van der Waals surface area contributed by atoms with E-state index < -0.39 is 0 Å². The van der Waals surface area contributed by atoms with Gasteiger partial charge in [0.05, 0.1) is 26.2 Å². The molecule has 0 N–H and O–H groups in total. The molecular weight excluding hydrogens is 250 g/mol. The van der Waals surface area contributed by atoms with Gasteiger partial charge in [-0.3, -0.25) is 0 Å². The van der Waals surface area contributed by atoms with Crippen LogP contribution < -0.4 is 17.0 Å². The average Bonchev–Trinajstić information content (AvgIpc) is 2.19. The summed E-state index contributed by atoms with van der Waals surface area (Å²) in [5.74, 6) is 1.10. The van der Waals surface area contributed by atoms with Gasteiger partial charge >= 0.3 is 0 Å². The van der Waals surface area contributed by atoms with Gasteiger partial charge in [-0.1, -0.05) is 11.6 Å². The molecule has 2 heteroatoms. The summed E-state index contributed by atoms with van der Waals surface area (Å²) in [5, 5.41) is 0. The molecule has 2 bridgehead atoms. The first-order valence-corrected chi connectivity index (χ1v) is 6.19. The second-order valence-electron chi connectivity index (χ2n) is 5.54. The van der Waals surface area contributed by atoms with Crippen LogP contribution in [-0.4, -0.2) is 30.7 Å². The molecule has 0 unspecified atom stereocenters. The Balaban J connectivity index is 0.00000112. The smallest absolute Gasteiger partial charge is 0.0821 e. The van der Waals surface area contributed by atoms with Crippen LogP contribution in [0.5, 0.6) is 0 Å². The Morgan fingerprint density at radius 3 is 2.13 bits per heavy atom. The normalized spacial score (nSPS) is 33.3. The molecule has 3 saturated heterocycles. The maximum atomic E-state index is 2.41. The van der Waals surface area contributed by atoms with Crippen molar-refractivity contribution in [1.82, 2.24) is 0 Å². The fourth-order valence-corrected chi connectivity index (χ4v) is 3.10. The maximum Gasteiger partial charge on any atom is 0.0821 e. The SMILES string of the molecule is CC(C)=CCC[N+]12CCC(CC1)CC2.[Br-]. The van der Waals surface area contributed by atoms with Crippen LogP contribution in [0.1, 0.15) is 39.5 Å². The highest BCUT2D eigenvalue weighted by atomic mass is 79.9. The molecule has 3 fully saturated rings. The molecule has 0 saturated carbocycles. The lowest BCUT2D eigenvalue weighted by Crippen LogP contribution is -3.00. The molecule has 15 heavy (non-hydrogen) atoms. The van der Waals surface area contributed by atoms with Gasteiger partial charge < -0.3 is 21.5 Å². The lowest BCUT2D eigenvalue weighted by Gasteiger charge is -2.49. The summed E-state index contributed by atoms with van der Waals surface area (Å²) in [7, 11) is 0. The highest BCUT2D eigenvalue weighted by Crippen LogP contribution is 2.33. The number of rotatable bonds is 3. The number of hydrogen-bond acceptors (Lipinski definition) is 0. The Morgan fingerprint density at radius 1 is 1.13 bits per heavy atom. The van der Waals surface area contributed by atoms with E-state index in [-0.39, 0.29) is 17.0 Å². The van der Waals surface area contributed by atoms with Gasteiger partial charge in [-0.25, -0.2) is 0 Å². The zero-order valence-electron chi connectivity index (χ0n) is 10.1. The third-order valence-corrected chi connectivity index (χ3v) is 4.19. The van der Waals surface area contributed by atoms with E-state index in [0.717, 1.165) is 5.92 Å². The first kappa shape index (κ1) is 13.2. The van der Waals surface area contributed by atoms with Crippen molar-refractivity contribution < 1.29 is 21.5 Å². The number of hydrogen-bond donors (Lipinski definition) is 0. The molecule has 3 rings (SSSR count). The van der Waals surface area contributed by atoms with Crippen LogP contribution in [0.25, 0.3) is 0 Å². The molecule has 3 aliphatic heterocycles. The summed E-state index contributed by atoms with van der Waals surface area (Å²) < 4.78 is 1.44. The van der Waals surface area contributed by atoms with Crippen molar-refractivity contribution in [2.24, 2.45) is 5.92 Å². The summed E-state index contributed by atoms with van der Waals surface area (Å²) in [6.45, 7) is 10.2. The lowest BCUT2D eigenvalue weighted by atomic mass is 9.85. The Labute approximate surface area is 105 Å². The predicted molar refractivity (Wildman–Crippen MR) is 61.1 cm³/mol. The minimum Gasteiger partial charge on any atom is -1.00 e. The van der Waals surface area contributed by atoms with E-state index in [1.807, 2.05) is 0 Å². The minimum atomic E-state index is 0. The molecule has 0 atom stereocenters. The van der Waals surface area contributed by atoms with Crippen LogP contribution in [0, 0.1) is 5.92 Å². The van der Waals surface area contributed by atoms with Crippen LogP contribution in [0.2, 0.25) is 0 Å². The largest absolute Gasteiger partial charge is 1.00 e. The van der Waals surface area contributed by atoms with Gasteiger partial charge in [0, 0.05) is 6.42 Å². The monoisotopic (exact) mass is 273 g/mol. The van der Waals surface area contributed by atoms with Crippen molar-refractivity contribution in [3.05, 3.63) is 11.6 Å². The second kappa shape index (κ2) is 5.49. The van der Waals surface area contributed by atoms with Crippen molar-refractivity contribution in [3.8, 4) is 0 Å². The molecule has 0 aromatic rings. The molecule has 1 nitrogen and oxygen atoms in total. The number of piperidine rings is 3. The first-order chi connectivity index (χ1) is 6.70. The van der Waals surface area contributed by atoms with Gasteiger partial charge in [0.1, 0.15) is 0 Å². The Hall–Kier alpha value is 0.180. The number of halogens is 1. The Bertz CT molecular complexity index is 209. The van der Waals surface area contributed by atoms with Crippen molar-refractivity contribution >= 4 is 0 Å². The molecule has 0 aromatic heterocycles. The Morgan fingerprint density at radius 2 is 1.67 bits per heavy atom. The molecular formula is C13H24BrN. The van der Waals surface area contributed by atoms with Crippen molar-refractivity contribution in [2.45, 2.75) is 39.5 Å². The van der Waals surface area contributed by atoms with Crippen LogP contribution in [-0.2, 0) is 0 Å². The Kier molecular flexibility index (Phi) is 4.85. The van der Waals surface area contributed by atoms with Crippen LogP contribution >= 0.6 is 0 Å². The van der Waals surface area contributed by atoms with E-state index in [9.17, 15) is 0 Å². The fourth-order valence-electron chi connectivity index (χ4n) is 3.10. The topological polar surface area (TPSA) is 0 Å².